The lowest BCUT2D eigenvalue weighted by molar-refractivity contribution is 1.18. The van der Waals surface area contributed by atoms with Crippen molar-refractivity contribution >= 4 is 8.07 Å². The summed E-state index contributed by atoms with van der Waals surface area (Å²) in [5, 5.41) is 1.72. The molecule has 0 aromatic heterocycles. The van der Waals surface area contributed by atoms with Gasteiger partial charge in [-0.15, -0.1) is 0 Å². The first-order valence-electron chi connectivity index (χ1n) is 5.16. The average Bonchev–Trinajstić information content (AvgIpc) is 2.62. The van der Waals surface area contributed by atoms with Gasteiger partial charge in [0.25, 0.3) is 0 Å². The van der Waals surface area contributed by atoms with Crippen molar-refractivity contribution in [1.29, 1.82) is 0 Å². The van der Waals surface area contributed by atoms with Crippen LogP contribution in [0.4, 0.5) is 0 Å². The molecule has 12 heavy (non-hydrogen) atoms. The van der Waals surface area contributed by atoms with Crippen LogP contribution in [0.3, 0.4) is 0 Å². The molecule has 0 spiro atoms. The third-order valence-corrected chi connectivity index (χ3v) is 9.07. The highest BCUT2D eigenvalue weighted by Crippen LogP contribution is 2.31. The number of allylic oxidation sites excluding steroid dienone is 4. The third kappa shape index (κ3) is 1.56. The summed E-state index contributed by atoms with van der Waals surface area (Å²) in [5.74, 6) is 0. The minimum atomic E-state index is -1.01. The van der Waals surface area contributed by atoms with Gasteiger partial charge in [0, 0.05) is 0 Å². The second kappa shape index (κ2) is 4.08. The Morgan fingerprint density at radius 3 is 2.08 bits per heavy atom. The van der Waals surface area contributed by atoms with Gasteiger partial charge in [-0.1, -0.05) is 62.3 Å². The normalized spacial score (nSPS) is 16.8. The fourth-order valence-corrected chi connectivity index (χ4v) is 5.96. The van der Waals surface area contributed by atoms with Gasteiger partial charge < -0.3 is 0 Å². The molecular formula is C11H20Si. The molecule has 0 heterocycles. The zero-order valence-electron chi connectivity index (χ0n) is 8.56. The fourth-order valence-electron chi connectivity index (χ4n) is 2.21. The summed E-state index contributed by atoms with van der Waals surface area (Å²) in [5.41, 5.74) is 0. The van der Waals surface area contributed by atoms with Crippen molar-refractivity contribution in [3.8, 4) is 0 Å². The predicted octanol–water partition coefficient (Wildman–Crippen LogP) is 3.92. The van der Waals surface area contributed by atoms with Gasteiger partial charge >= 0.3 is 0 Å². The largest absolute Gasteiger partial charge is 0.0854 e. The molecule has 1 heteroatoms. The zero-order valence-corrected chi connectivity index (χ0v) is 9.56. The summed E-state index contributed by atoms with van der Waals surface area (Å²) in [6.07, 6.45) is 8.31. The van der Waals surface area contributed by atoms with Crippen molar-refractivity contribution < 1.29 is 0 Å². The molecule has 0 saturated carbocycles. The Morgan fingerprint density at radius 2 is 1.75 bits per heavy atom. The summed E-state index contributed by atoms with van der Waals surface area (Å²) in [6, 6.07) is 4.24. The number of rotatable bonds is 4. The summed E-state index contributed by atoms with van der Waals surface area (Å²) < 4.78 is 0. The van der Waals surface area contributed by atoms with E-state index in [-0.39, 0.29) is 0 Å². The average molecular weight is 180 g/mol. The van der Waals surface area contributed by atoms with Crippen LogP contribution >= 0.6 is 0 Å². The van der Waals surface area contributed by atoms with Crippen LogP contribution in [-0.2, 0) is 0 Å². The van der Waals surface area contributed by atoms with Gasteiger partial charge in [-0.3, -0.25) is 0 Å². The molecule has 0 fully saturated rings. The molecule has 1 aliphatic rings. The molecule has 0 nitrogen and oxygen atoms in total. The Balaban J connectivity index is 2.83. The van der Waals surface area contributed by atoms with Crippen LogP contribution in [-0.4, -0.2) is 8.07 Å². The molecule has 0 amide bonds. The van der Waals surface area contributed by atoms with Crippen LogP contribution in [0.5, 0.6) is 0 Å². The maximum atomic E-state index is 2.45. The van der Waals surface area contributed by atoms with Gasteiger partial charge in [-0.25, -0.2) is 0 Å². The highest BCUT2D eigenvalue weighted by atomic mass is 28.3. The predicted molar refractivity (Wildman–Crippen MR) is 59.0 cm³/mol. The molecular weight excluding hydrogens is 160 g/mol. The van der Waals surface area contributed by atoms with Crippen molar-refractivity contribution in [3.63, 3.8) is 0 Å². The Kier molecular flexibility index (Phi) is 3.33. The lowest BCUT2D eigenvalue weighted by Crippen LogP contribution is -2.33. The van der Waals surface area contributed by atoms with Gasteiger partial charge in [0.05, 0.1) is 8.07 Å². The molecule has 0 atom stereocenters. The van der Waals surface area contributed by atoms with Crippen molar-refractivity contribution in [3.05, 3.63) is 23.4 Å². The summed E-state index contributed by atoms with van der Waals surface area (Å²) in [4.78, 5) is 0. The first-order chi connectivity index (χ1) is 5.79. The van der Waals surface area contributed by atoms with Crippen LogP contribution in [0.25, 0.3) is 0 Å². The Hall–Kier alpha value is -0.303. The van der Waals surface area contributed by atoms with E-state index in [1.165, 1.54) is 24.6 Å². The monoisotopic (exact) mass is 180 g/mol. The molecule has 1 rings (SSSR count). The van der Waals surface area contributed by atoms with Crippen LogP contribution < -0.4 is 0 Å². The zero-order chi connectivity index (χ0) is 9.03. The van der Waals surface area contributed by atoms with Gasteiger partial charge in [0.1, 0.15) is 0 Å². The second-order valence-electron chi connectivity index (χ2n) is 3.64. The van der Waals surface area contributed by atoms with E-state index in [0.29, 0.717) is 0 Å². The highest BCUT2D eigenvalue weighted by molar-refractivity contribution is 6.87. The number of hydrogen-bond acceptors (Lipinski definition) is 0. The Bertz CT molecular complexity index is 189. The molecule has 0 N–H and O–H groups in total. The van der Waals surface area contributed by atoms with Crippen LogP contribution in [0.1, 0.15) is 27.2 Å². The van der Waals surface area contributed by atoms with E-state index in [2.05, 4.69) is 39.0 Å². The Morgan fingerprint density at radius 1 is 1.17 bits per heavy atom. The van der Waals surface area contributed by atoms with E-state index in [4.69, 9.17) is 0 Å². The van der Waals surface area contributed by atoms with Crippen molar-refractivity contribution in [2.45, 2.75) is 45.3 Å². The van der Waals surface area contributed by atoms with Gasteiger partial charge in [0.2, 0.25) is 0 Å². The maximum absolute atomic E-state index is 2.45. The van der Waals surface area contributed by atoms with E-state index in [0.717, 1.165) is 0 Å². The maximum Gasteiger partial charge on any atom is 0.0854 e. The van der Waals surface area contributed by atoms with E-state index in [1.54, 1.807) is 5.20 Å². The van der Waals surface area contributed by atoms with Crippen molar-refractivity contribution in [1.82, 2.24) is 0 Å². The first-order valence-corrected chi connectivity index (χ1v) is 7.78. The van der Waals surface area contributed by atoms with Crippen LogP contribution in [0, 0.1) is 0 Å². The minimum absolute atomic E-state index is 1.01. The third-order valence-electron chi connectivity index (χ3n) is 3.41. The molecule has 0 aliphatic heterocycles. The summed E-state index contributed by atoms with van der Waals surface area (Å²) in [6.45, 7) is 7.10. The molecule has 1 aliphatic carbocycles. The summed E-state index contributed by atoms with van der Waals surface area (Å²) in [7, 11) is -1.01. The highest BCUT2D eigenvalue weighted by Gasteiger charge is 2.30. The lowest BCUT2D eigenvalue weighted by atomic mass is 10.5. The van der Waals surface area contributed by atoms with Gasteiger partial charge in [-0.2, -0.15) is 0 Å². The molecule has 68 valence electrons. The SMILES string of the molecule is CC[Si](CC)(CC)C1=CCC=C1. The van der Waals surface area contributed by atoms with Crippen molar-refractivity contribution in [2.75, 3.05) is 0 Å². The van der Waals surface area contributed by atoms with E-state index in [1.807, 2.05) is 0 Å². The molecule has 0 saturated heterocycles. The molecule has 0 radical (unpaired) electrons. The van der Waals surface area contributed by atoms with Crippen molar-refractivity contribution in [2.24, 2.45) is 0 Å². The smallest absolute Gasteiger partial charge is 0.0815 e. The van der Waals surface area contributed by atoms with Gasteiger partial charge in [-0.05, 0) is 6.42 Å². The molecule has 0 aromatic carbocycles. The minimum Gasteiger partial charge on any atom is -0.0815 e. The van der Waals surface area contributed by atoms with E-state index < -0.39 is 8.07 Å². The Labute approximate surface area is 77.4 Å². The van der Waals surface area contributed by atoms with Crippen LogP contribution in [0.15, 0.2) is 23.4 Å². The lowest BCUT2D eigenvalue weighted by Gasteiger charge is -2.28. The molecule has 0 unspecified atom stereocenters. The first kappa shape index (κ1) is 9.78. The fraction of sp³-hybridized carbons (Fsp3) is 0.636. The van der Waals surface area contributed by atoms with E-state index in [9.17, 15) is 0 Å². The number of hydrogen-bond donors (Lipinski definition) is 0. The van der Waals surface area contributed by atoms with Crippen LogP contribution in [0.2, 0.25) is 18.1 Å². The van der Waals surface area contributed by atoms with E-state index >= 15 is 0 Å². The second-order valence-corrected chi connectivity index (χ2v) is 8.90. The molecule has 0 bridgehead atoms. The topological polar surface area (TPSA) is 0 Å². The standard InChI is InChI=1S/C11H20Si/c1-4-12(5-2,6-3)11-9-7-8-10-11/h7,9-10H,4-6,8H2,1-3H3. The summed E-state index contributed by atoms with van der Waals surface area (Å²) >= 11 is 0. The molecule has 0 aromatic rings. The van der Waals surface area contributed by atoms with Gasteiger partial charge in [0.15, 0.2) is 0 Å². The quantitative estimate of drug-likeness (QED) is 0.575.